The van der Waals surface area contributed by atoms with E-state index in [1.165, 1.54) is 43.2 Å². The van der Waals surface area contributed by atoms with Crippen LogP contribution < -0.4 is 0 Å². The average Bonchev–Trinajstić information content (AvgIpc) is 3.05. The van der Waals surface area contributed by atoms with E-state index in [0.29, 0.717) is 5.69 Å². The van der Waals surface area contributed by atoms with Gasteiger partial charge in [0, 0.05) is 0 Å². The molecule has 0 radical (unpaired) electrons. The molecule has 132 valence electrons. The van der Waals surface area contributed by atoms with Crippen molar-refractivity contribution in [1.29, 1.82) is 0 Å². The van der Waals surface area contributed by atoms with Crippen LogP contribution in [0.3, 0.4) is 0 Å². The van der Waals surface area contributed by atoms with E-state index in [1.54, 1.807) is 10.9 Å². The highest BCUT2D eigenvalue weighted by molar-refractivity contribution is 5.74. The third-order valence-electron chi connectivity index (χ3n) is 4.68. The fourth-order valence-electron chi connectivity index (χ4n) is 3.11. The van der Waals surface area contributed by atoms with Crippen LogP contribution in [0.5, 0.6) is 5.75 Å². The predicted molar refractivity (Wildman–Crippen MR) is 102 cm³/mol. The van der Waals surface area contributed by atoms with E-state index in [9.17, 15) is 5.11 Å². The van der Waals surface area contributed by atoms with Crippen molar-refractivity contribution >= 4 is 11.0 Å². The number of phenols is 1. The van der Waals surface area contributed by atoms with Gasteiger partial charge >= 0.3 is 0 Å². The number of hydrogen-bond acceptors (Lipinski definition) is 3. The van der Waals surface area contributed by atoms with Gasteiger partial charge in [-0.2, -0.15) is 0 Å². The molecular formula is C21H27N3O. The van der Waals surface area contributed by atoms with Crippen LogP contribution in [0.2, 0.25) is 0 Å². The summed E-state index contributed by atoms with van der Waals surface area (Å²) in [6, 6.07) is 11.9. The molecule has 0 saturated heterocycles. The van der Waals surface area contributed by atoms with Crippen LogP contribution in [-0.4, -0.2) is 20.1 Å². The van der Waals surface area contributed by atoms with E-state index in [1.807, 2.05) is 18.2 Å². The first-order valence-corrected chi connectivity index (χ1v) is 9.39. The lowest BCUT2D eigenvalue weighted by atomic mass is 10.0. The van der Waals surface area contributed by atoms with Gasteiger partial charge in [-0.1, -0.05) is 51.7 Å². The molecular weight excluding hydrogens is 310 g/mol. The van der Waals surface area contributed by atoms with Crippen molar-refractivity contribution < 1.29 is 5.11 Å². The third kappa shape index (κ3) is 4.19. The van der Waals surface area contributed by atoms with Gasteiger partial charge in [0.2, 0.25) is 0 Å². The van der Waals surface area contributed by atoms with Crippen LogP contribution in [0, 0.1) is 0 Å². The lowest BCUT2D eigenvalue weighted by molar-refractivity contribution is 0.467. The maximum Gasteiger partial charge on any atom is 0.143 e. The van der Waals surface area contributed by atoms with Crippen molar-refractivity contribution in [2.75, 3.05) is 0 Å². The number of phenolic OH excluding ortho intramolecular Hbond substituents is 1. The van der Waals surface area contributed by atoms with Gasteiger partial charge in [-0.25, -0.2) is 0 Å². The summed E-state index contributed by atoms with van der Waals surface area (Å²) < 4.78 is 0. The Bertz CT molecular complexity index is 838. The number of nitrogens with zero attached hydrogens (tertiary/aromatic N) is 3. The second-order valence-electron chi connectivity index (χ2n) is 6.65. The van der Waals surface area contributed by atoms with Crippen LogP contribution in [0.15, 0.2) is 36.4 Å². The highest BCUT2D eigenvalue weighted by Gasteiger charge is 2.10. The SMILES string of the molecule is CCCCCCCc1ccc(O)c(-n2nc3ccc(CC)cc3n2)c1. The van der Waals surface area contributed by atoms with Crippen molar-refractivity contribution in [3.63, 3.8) is 0 Å². The van der Waals surface area contributed by atoms with Gasteiger partial charge in [0.15, 0.2) is 0 Å². The standard InChI is InChI=1S/C21H27N3O/c1-3-5-6-7-8-9-17-11-13-21(25)20(15-17)24-22-18-12-10-16(4-2)14-19(18)23-24/h10-15,25H,3-9H2,1-2H3. The van der Waals surface area contributed by atoms with E-state index in [0.717, 1.165) is 23.9 Å². The first kappa shape index (κ1) is 17.5. The number of benzene rings is 2. The molecule has 4 nitrogen and oxygen atoms in total. The van der Waals surface area contributed by atoms with Gasteiger partial charge < -0.3 is 5.11 Å². The lowest BCUT2D eigenvalue weighted by Crippen LogP contribution is -2.00. The second kappa shape index (κ2) is 8.15. The highest BCUT2D eigenvalue weighted by Crippen LogP contribution is 2.24. The summed E-state index contributed by atoms with van der Waals surface area (Å²) in [7, 11) is 0. The van der Waals surface area contributed by atoms with Crippen LogP contribution in [0.4, 0.5) is 0 Å². The number of unbranched alkanes of at least 4 members (excludes halogenated alkanes) is 4. The van der Waals surface area contributed by atoms with Gasteiger partial charge in [-0.05, 0) is 54.7 Å². The Morgan fingerprint density at radius 2 is 1.60 bits per heavy atom. The fourth-order valence-corrected chi connectivity index (χ4v) is 3.11. The molecule has 0 unspecified atom stereocenters. The minimum absolute atomic E-state index is 0.214. The first-order valence-electron chi connectivity index (χ1n) is 9.39. The molecule has 3 aromatic rings. The normalized spacial score (nSPS) is 11.3. The molecule has 0 atom stereocenters. The van der Waals surface area contributed by atoms with Crippen molar-refractivity contribution in [2.45, 2.75) is 58.8 Å². The zero-order chi connectivity index (χ0) is 17.6. The largest absolute Gasteiger partial charge is 0.506 e. The van der Waals surface area contributed by atoms with E-state index >= 15 is 0 Å². The molecule has 0 spiro atoms. The van der Waals surface area contributed by atoms with E-state index in [-0.39, 0.29) is 5.75 Å². The van der Waals surface area contributed by atoms with Gasteiger partial charge in [-0.3, -0.25) is 0 Å². The Kier molecular flexibility index (Phi) is 5.69. The summed E-state index contributed by atoms with van der Waals surface area (Å²) in [6.07, 6.45) is 8.31. The topological polar surface area (TPSA) is 50.9 Å². The Morgan fingerprint density at radius 3 is 2.40 bits per heavy atom. The van der Waals surface area contributed by atoms with Crippen molar-refractivity contribution in [3.8, 4) is 11.4 Å². The first-order chi connectivity index (χ1) is 12.2. The minimum atomic E-state index is 0.214. The molecule has 1 aromatic heterocycles. The van der Waals surface area contributed by atoms with E-state index in [4.69, 9.17) is 0 Å². The van der Waals surface area contributed by atoms with E-state index < -0.39 is 0 Å². The van der Waals surface area contributed by atoms with Crippen LogP contribution in [0.1, 0.15) is 57.1 Å². The van der Waals surface area contributed by atoms with E-state index in [2.05, 4.69) is 36.2 Å². The molecule has 1 heterocycles. The van der Waals surface area contributed by atoms with Crippen molar-refractivity contribution in [3.05, 3.63) is 47.5 Å². The van der Waals surface area contributed by atoms with Crippen LogP contribution in [0.25, 0.3) is 16.7 Å². The lowest BCUT2D eigenvalue weighted by Gasteiger charge is -2.07. The Labute approximate surface area is 149 Å². The molecule has 0 aliphatic heterocycles. The van der Waals surface area contributed by atoms with Gasteiger partial charge in [0.1, 0.15) is 22.5 Å². The predicted octanol–water partition coefficient (Wildman–Crippen LogP) is 5.20. The van der Waals surface area contributed by atoms with Crippen molar-refractivity contribution in [2.24, 2.45) is 0 Å². The Balaban J connectivity index is 1.80. The number of hydrogen-bond donors (Lipinski definition) is 1. The number of aromatic nitrogens is 3. The van der Waals surface area contributed by atoms with Gasteiger partial charge in [-0.15, -0.1) is 15.0 Å². The average molecular weight is 337 g/mol. The summed E-state index contributed by atoms with van der Waals surface area (Å²) in [5, 5.41) is 19.3. The molecule has 25 heavy (non-hydrogen) atoms. The Hall–Kier alpha value is -2.36. The molecule has 4 heteroatoms. The summed E-state index contributed by atoms with van der Waals surface area (Å²) in [5.74, 6) is 0.214. The summed E-state index contributed by atoms with van der Waals surface area (Å²) in [4.78, 5) is 1.56. The maximum atomic E-state index is 10.3. The quantitative estimate of drug-likeness (QED) is 0.575. The zero-order valence-corrected chi connectivity index (χ0v) is 15.2. The molecule has 1 N–H and O–H groups in total. The summed E-state index contributed by atoms with van der Waals surface area (Å²) in [6.45, 7) is 4.36. The smallest absolute Gasteiger partial charge is 0.143 e. The molecule has 0 aliphatic rings. The second-order valence-corrected chi connectivity index (χ2v) is 6.65. The maximum absolute atomic E-state index is 10.3. The van der Waals surface area contributed by atoms with Crippen LogP contribution in [-0.2, 0) is 12.8 Å². The van der Waals surface area contributed by atoms with Crippen molar-refractivity contribution in [1.82, 2.24) is 15.0 Å². The van der Waals surface area contributed by atoms with Crippen LogP contribution >= 0.6 is 0 Å². The Morgan fingerprint density at radius 1 is 0.840 bits per heavy atom. The highest BCUT2D eigenvalue weighted by atomic mass is 16.3. The molecule has 0 saturated carbocycles. The third-order valence-corrected chi connectivity index (χ3v) is 4.68. The summed E-state index contributed by atoms with van der Waals surface area (Å²) in [5.41, 5.74) is 4.83. The molecule has 0 amide bonds. The monoisotopic (exact) mass is 337 g/mol. The number of rotatable bonds is 8. The summed E-state index contributed by atoms with van der Waals surface area (Å²) >= 11 is 0. The molecule has 0 aliphatic carbocycles. The molecule has 3 rings (SSSR count). The molecule has 0 bridgehead atoms. The molecule has 2 aromatic carbocycles. The zero-order valence-electron chi connectivity index (χ0n) is 15.2. The number of fused-ring (bicyclic) bond motifs is 1. The van der Waals surface area contributed by atoms with Gasteiger partial charge in [0.05, 0.1) is 0 Å². The fraction of sp³-hybridized carbons (Fsp3) is 0.429. The number of aromatic hydroxyl groups is 1. The molecule has 0 fully saturated rings. The van der Waals surface area contributed by atoms with Gasteiger partial charge in [0.25, 0.3) is 0 Å². The minimum Gasteiger partial charge on any atom is -0.506 e. The number of aryl methyl sites for hydroxylation is 2.